The molecule has 0 saturated carbocycles. The van der Waals surface area contributed by atoms with Gasteiger partial charge in [0.25, 0.3) is 0 Å². The summed E-state index contributed by atoms with van der Waals surface area (Å²) in [5.41, 5.74) is 1.30. The molecule has 1 amide bonds. The molecule has 1 aromatic carbocycles. The van der Waals surface area contributed by atoms with E-state index in [4.69, 9.17) is 4.74 Å². The highest BCUT2D eigenvalue weighted by Gasteiger charge is 2.38. The van der Waals surface area contributed by atoms with E-state index in [9.17, 15) is 14.7 Å². The van der Waals surface area contributed by atoms with Crippen molar-refractivity contribution in [2.24, 2.45) is 0 Å². The molecule has 1 aliphatic rings. The zero-order chi connectivity index (χ0) is 17.2. The van der Waals surface area contributed by atoms with E-state index in [-0.39, 0.29) is 6.04 Å². The van der Waals surface area contributed by atoms with Crippen LogP contribution in [0, 0.1) is 6.92 Å². The standard InChI is InChI=1S/C17H24N2O4/c1-11-5-7-12(8-6-11)14(15(20)21)19-9-13(10-19)18-16(22)23-17(2,3)4/h5-8,13-14H,9-10H2,1-4H3,(H,18,22)(H,20,21). The van der Waals surface area contributed by atoms with Crippen molar-refractivity contribution in [1.29, 1.82) is 0 Å². The summed E-state index contributed by atoms with van der Waals surface area (Å²) in [5, 5.41) is 12.3. The van der Waals surface area contributed by atoms with Gasteiger partial charge in [-0.25, -0.2) is 4.79 Å². The van der Waals surface area contributed by atoms with Crippen molar-refractivity contribution >= 4 is 12.1 Å². The summed E-state index contributed by atoms with van der Waals surface area (Å²) in [4.78, 5) is 25.1. The Morgan fingerprint density at radius 1 is 1.26 bits per heavy atom. The fourth-order valence-electron chi connectivity index (χ4n) is 2.55. The summed E-state index contributed by atoms with van der Waals surface area (Å²) in [6.45, 7) is 8.35. The number of aliphatic carboxylic acids is 1. The number of nitrogens with zero attached hydrogens (tertiary/aromatic N) is 1. The van der Waals surface area contributed by atoms with Crippen molar-refractivity contribution in [3.8, 4) is 0 Å². The third-order valence-electron chi connectivity index (χ3n) is 3.62. The lowest BCUT2D eigenvalue weighted by molar-refractivity contribution is -0.145. The number of hydrogen-bond donors (Lipinski definition) is 2. The number of amides is 1. The van der Waals surface area contributed by atoms with Gasteiger partial charge in [-0.1, -0.05) is 29.8 Å². The van der Waals surface area contributed by atoms with Crippen LogP contribution in [0.5, 0.6) is 0 Å². The molecular formula is C17H24N2O4. The Balaban J connectivity index is 1.92. The minimum Gasteiger partial charge on any atom is -0.480 e. The van der Waals surface area contributed by atoms with Gasteiger partial charge in [0.15, 0.2) is 0 Å². The Labute approximate surface area is 136 Å². The van der Waals surface area contributed by atoms with Gasteiger partial charge in [0.2, 0.25) is 0 Å². The number of carboxylic acids is 1. The molecule has 2 rings (SSSR count). The van der Waals surface area contributed by atoms with E-state index < -0.39 is 23.7 Å². The topological polar surface area (TPSA) is 78.9 Å². The SMILES string of the molecule is Cc1ccc(C(C(=O)O)N2CC(NC(=O)OC(C)(C)C)C2)cc1. The van der Waals surface area contributed by atoms with Crippen LogP contribution >= 0.6 is 0 Å². The minimum atomic E-state index is -0.885. The molecule has 1 atom stereocenters. The number of rotatable bonds is 4. The fraction of sp³-hybridized carbons (Fsp3) is 0.529. The number of likely N-dealkylation sites (tertiary alicyclic amines) is 1. The lowest BCUT2D eigenvalue weighted by Gasteiger charge is -2.43. The third kappa shape index (κ3) is 4.69. The van der Waals surface area contributed by atoms with Crippen LogP contribution < -0.4 is 5.32 Å². The van der Waals surface area contributed by atoms with Crippen molar-refractivity contribution in [3.63, 3.8) is 0 Å². The van der Waals surface area contributed by atoms with Gasteiger partial charge in [-0.2, -0.15) is 0 Å². The van der Waals surface area contributed by atoms with Gasteiger partial charge in [-0.15, -0.1) is 0 Å². The Kier molecular flexibility index (Phi) is 4.94. The number of benzene rings is 1. The Morgan fingerprint density at radius 3 is 2.30 bits per heavy atom. The predicted molar refractivity (Wildman–Crippen MR) is 86.3 cm³/mol. The van der Waals surface area contributed by atoms with Crippen LogP contribution in [0.25, 0.3) is 0 Å². The molecule has 2 N–H and O–H groups in total. The second-order valence-corrected chi connectivity index (χ2v) is 6.95. The number of ether oxygens (including phenoxy) is 1. The molecule has 0 spiro atoms. The second kappa shape index (κ2) is 6.58. The summed E-state index contributed by atoms with van der Waals surface area (Å²) >= 11 is 0. The molecule has 1 fully saturated rings. The minimum absolute atomic E-state index is 0.0860. The zero-order valence-electron chi connectivity index (χ0n) is 14.0. The summed E-state index contributed by atoms with van der Waals surface area (Å²) in [6, 6.07) is 6.71. The molecule has 1 heterocycles. The average molecular weight is 320 g/mol. The molecule has 6 heteroatoms. The van der Waals surface area contributed by atoms with Crippen molar-refractivity contribution in [2.45, 2.75) is 45.4 Å². The molecule has 1 unspecified atom stereocenters. The molecule has 0 radical (unpaired) electrons. The van der Waals surface area contributed by atoms with Crippen LogP contribution in [0.1, 0.15) is 37.9 Å². The van der Waals surface area contributed by atoms with E-state index >= 15 is 0 Å². The van der Waals surface area contributed by atoms with Crippen LogP contribution in [0.3, 0.4) is 0 Å². The van der Waals surface area contributed by atoms with E-state index in [0.717, 1.165) is 11.1 Å². The first kappa shape index (κ1) is 17.3. The van der Waals surface area contributed by atoms with Crippen LogP contribution in [0.4, 0.5) is 4.79 Å². The van der Waals surface area contributed by atoms with E-state index in [0.29, 0.717) is 13.1 Å². The molecule has 6 nitrogen and oxygen atoms in total. The number of carboxylic acid groups (broad SMARTS) is 1. The third-order valence-corrected chi connectivity index (χ3v) is 3.62. The predicted octanol–water partition coefficient (Wildman–Crippen LogP) is 2.33. The molecule has 0 aliphatic carbocycles. The largest absolute Gasteiger partial charge is 0.480 e. The van der Waals surface area contributed by atoms with Gasteiger partial charge in [-0.3, -0.25) is 9.69 Å². The van der Waals surface area contributed by atoms with Crippen LogP contribution in [-0.4, -0.2) is 46.8 Å². The Hall–Kier alpha value is -2.08. The maximum Gasteiger partial charge on any atom is 0.407 e. The van der Waals surface area contributed by atoms with E-state index in [1.165, 1.54) is 0 Å². The lowest BCUT2D eigenvalue weighted by Crippen LogP contribution is -2.61. The summed E-state index contributed by atoms with van der Waals surface area (Å²) in [6.07, 6.45) is -0.468. The molecule has 0 bridgehead atoms. The normalized spacial score (nSPS) is 17.2. The van der Waals surface area contributed by atoms with E-state index in [2.05, 4.69) is 5.32 Å². The van der Waals surface area contributed by atoms with Gasteiger partial charge in [0.1, 0.15) is 11.6 Å². The quantitative estimate of drug-likeness (QED) is 0.890. The first-order chi connectivity index (χ1) is 10.7. The molecule has 1 aromatic rings. The first-order valence-electron chi connectivity index (χ1n) is 7.68. The Morgan fingerprint density at radius 2 is 1.83 bits per heavy atom. The van der Waals surface area contributed by atoms with Crippen molar-refractivity contribution in [3.05, 3.63) is 35.4 Å². The zero-order valence-corrected chi connectivity index (χ0v) is 14.0. The molecular weight excluding hydrogens is 296 g/mol. The summed E-state index contributed by atoms with van der Waals surface area (Å²) in [7, 11) is 0. The van der Waals surface area contributed by atoms with Crippen LogP contribution in [-0.2, 0) is 9.53 Å². The second-order valence-electron chi connectivity index (χ2n) is 6.95. The number of carbonyl (C=O) groups is 2. The number of nitrogens with one attached hydrogen (secondary N) is 1. The van der Waals surface area contributed by atoms with Crippen molar-refractivity contribution in [2.75, 3.05) is 13.1 Å². The highest BCUT2D eigenvalue weighted by Crippen LogP contribution is 2.26. The summed E-state index contributed by atoms with van der Waals surface area (Å²) < 4.78 is 5.20. The molecule has 23 heavy (non-hydrogen) atoms. The van der Waals surface area contributed by atoms with E-state index in [1.54, 1.807) is 20.8 Å². The lowest BCUT2D eigenvalue weighted by atomic mass is 9.98. The number of carbonyl (C=O) groups excluding carboxylic acids is 1. The van der Waals surface area contributed by atoms with Crippen molar-refractivity contribution in [1.82, 2.24) is 10.2 Å². The molecule has 126 valence electrons. The maximum absolute atomic E-state index is 11.7. The first-order valence-corrected chi connectivity index (χ1v) is 7.68. The van der Waals surface area contributed by atoms with Crippen LogP contribution in [0.15, 0.2) is 24.3 Å². The maximum atomic E-state index is 11.7. The molecule has 0 aromatic heterocycles. The molecule has 1 saturated heterocycles. The van der Waals surface area contributed by atoms with Gasteiger partial charge in [0, 0.05) is 13.1 Å². The summed E-state index contributed by atoms with van der Waals surface area (Å²) in [5.74, 6) is -0.885. The van der Waals surface area contributed by atoms with Crippen LogP contribution in [0.2, 0.25) is 0 Å². The Bertz CT molecular complexity index is 571. The number of hydrogen-bond acceptors (Lipinski definition) is 4. The molecule has 1 aliphatic heterocycles. The number of aryl methyl sites for hydroxylation is 1. The van der Waals surface area contributed by atoms with Gasteiger partial charge >= 0.3 is 12.1 Å². The monoisotopic (exact) mass is 320 g/mol. The van der Waals surface area contributed by atoms with Crippen molar-refractivity contribution < 1.29 is 19.4 Å². The number of alkyl carbamates (subject to hydrolysis) is 1. The highest BCUT2D eigenvalue weighted by molar-refractivity contribution is 5.76. The fourth-order valence-corrected chi connectivity index (χ4v) is 2.55. The average Bonchev–Trinajstić information content (AvgIpc) is 2.35. The van der Waals surface area contributed by atoms with Gasteiger partial charge < -0.3 is 15.2 Å². The smallest absolute Gasteiger partial charge is 0.407 e. The van der Waals surface area contributed by atoms with E-state index in [1.807, 2.05) is 36.1 Å². The highest BCUT2D eigenvalue weighted by atomic mass is 16.6. The van der Waals surface area contributed by atoms with Gasteiger partial charge in [0.05, 0.1) is 6.04 Å². The van der Waals surface area contributed by atoms with Gasteiger partial charge in [-0.05, 0) is 33.3 Å².